The maximum absolute atomic E-state index is 12.4. The highest BCUT2D eigenvalue weighted by atomic mass is 32.1. The van der Waals surface area contributed by atoms with Crippen molar-refractivity contribution in [3.05, 3.63) is 5.82 Å². The van der Waals surface area contributed by atoms with Crippen LogP contribution in [0, 0.1) is 0 Å². The summed E-state index contributed by atoms with van der Waals surface area (Å²) in [6, 6.07) is -0.305. The van der Waals surface area contributed by atoms with Crippen molar-refractivity contribution in [3.63, 3.8) is 0 Å². The van der Waals surface area contributed by atoms with E-state index in [1.165, 1.54) is 0 Å². The Kier molecular flexibility index (Phi) is 3.93. The zero-order valence-electron chi connectivity index (χ0n) is 9.85. The molecule has 1 saturated heterocycles. The summed E-state index contributed by atoms with van der Waals surface area (Å²) < 4.78 is 40.6. The molecule has 0 bridgehead atoms. The molecule has 1 N–H and O–H groups in total. The Bertz CT molecular complexity index is 463. The molecule has 19 heavy (non-hydrogen) atoms. The smallest absolute Gasteiger partial charge is 0.452 e. The Balaban J connectivity index is 2.18. The van der Waals surface area contributed by atoms with E-state index >= 15 is 0 Å². The average molecular weight is 295 g/mol. The molecule has 1 unspecified atom stereocenters. The minimum atomic E-state index is -4.56. The lowest BCUT2D eigenvalue weighted by molar-refractivity contribution is -0.144. The van der Waals surface area contributed by atoms with Crippen LogP contribution in [0.1, 0.15) is 31.5 Å². The molecule has 1 atom stereocenters. The van der Waals surface area contributed by atoms with Gasteiger partial charge in [0.05, 0.1) is 6.42 Å². The van der Waals surface area contributed by atoms with Gasteiger partial charge >= 0.3 is 12.1 Å². The van der Waals surface area contributed by atoms with Crippen molar-refractivity contribution < 1.29 is 23.1 Å². The van der Waals surface area contributed by atoms with Crippen molar-refractivity contribution >= 4 is 22.6 Å². The number of anilines is 1. The number of carbonyl (C=O) groups is 1. The van der Waals surface area contributed by atoms with Crippen molar-refractivity contribution in [1.82, 2.24) is 9.36 Å². The molecule has 1 aliphatic heterocycles. The molecule has 0 aliphatic carbocycles. The summed E-state index contributed by atoms with van der Waals surface area (Å²) >= 11 is 0.666. The van der Waals surface area contributed by atoms with Gasteiger partial charge in [-0.05, 0) is 19.3 Å². The molecule has 1 aliphatic rings. The second-order valence-corrected chi connectivity index (χ2v) is 5.07. The van der Waals surface area contributed by atoms with Gasteiger partial charge < -0.3 is 10.0 Å². The van der Waals surface area contributed by atoms with Crippen LogP contribution in [0.3, 0.4) is 0 Å². The van der Waals surface area contributed by atoms with Gasteiger partial charge in [0.2, 0.25) is 11.0 Å². The highest BCUT2D eigenvalue weighted by Crippen LogP contribution is 2.33. The number of piperidine rings is 1. The lowest BCUT2D eigenvalue weighted by Crippen LogP contribution is -2.41. The molecule has 1 aromatic rings. The molecule has 0 radical (unpaired) electrons. The molecular formula is C10H12F3N3O2S. The van der Waals surface area contributed by atoms with E-state index in [1.807, 2.05) is 0 Å². The van der Waals surface area contributed by atoms with E-state index < -0.39 is 18.0 Å². The number of carboxylic acid groups (broad SMARTS) is 1. The van der Waals surface area contributed by atoms with Crippen LogP contribution in [0.4, 0.5) is 18.3 Å². The first-order valence-corrected chi connectivity index (χ1v) is 6.54. The summed E-state index contributed by atoms with van der Waals surface area (Å²) in [5.74, 6) is -2.12. The number of alkyl halides is 3. The first-order valence-electron chi connectivity index (χ1n) is 5.77. The lowest BCUT2D eigenvalue weighted by atomic mass is 10.0. The van der Waals surface area contributed by atoms with Crippen molar-refractivity contribution in [2.75, 3.05) is 11.4 Å². The van der Waals surface area contributed by atoms with Gasteiger partial charge in [0, 0.05) is 24.1 Å². The van der Waals surface area contributed by atoms with Crippen LogP contribution in [0.5, 0.6) is 0 Å². The van der Waals surface area contributed by atoms with Crippen LogP contribution in [0.15, 0.2) is 0 Å². The third kappa shape index (κ3) is 3.34. The molecule has 5 nitrogen and oxygen atoms in total. The largest absolute Gasteiger partial charge is 0.481 e. The second kappa shape index (κ2) is 5.32. The maximum atomic E-state index is 12.4. The monoisotopic (exact) mass is 295 g/mol. The van der Waals surface area contributed by atoms with E-state index in [4.69, 9.17) is 5.11 Å². The highest BCUT2D eigenvalue weighted by Gasteiger charge is 2.37. The van der Waals surface area contributed by atoms with Crippen LogP contribution >= 0.6 is 11.5 Å². The lowest BCUT2D eigenvalue weighted by Gasteiger charge is -2.34. The fraction of sp³-hybridized carbons (Fsp3) is 0.700. The topological polar surface area (TPSA) is 66.3 Å². The first kappa shape index (κ1) is 14.0. The van der Waals surface area contributed by atoms with Gasteiger partial charge in [-0.15, -0.1) is 0 Å². The van der Waals surface area contributed by atoms with Gasteiger partial charge in [-0.3, -0.25) is 4.79 Å². The quantitative estimate of drug-likeness (QED) is 0.927. The van der Waals surface area contributed by atoms with Crippen LogP contribution < -0.4 is 4.90 Å². The summed E-state index contributed by atoms with van der Waals surface area (Å²) in [4.78, 5) is 15.9. The Morgan fingerprint density at radius 1 is 1.47 bits per heavy atom. The van der Waals surface area contributed by atoms with Crippen LogP contribution in [0.25, 0.3) is 0 Å². The SMILES string of the molecule is O=C(O)CC1CCCCN1c1nc(C(F)(F)F)ns1. The third-order valence-corrected chi connectivity index (χ3v) is 3.71. The molecule has 106 valence electrons. The molecule has 2 heterocycles. The average Bonchev–Trinajstić information content (AvgIpc) is 2.77. The minimum Gasteiger partial charge on any atom is -0.481 e. The molecule has 9 heteroatoms. The third-order valence-electron chi connectivity index (χ3n) is 2.95. The number of rotatable bonds is 3. The molecule has 0 spiro atoms. The van der Waals surface area contributed by atoms with E-state index in [0.29, 0.717) is 24.5 Å². The molecule has 1 fully saturated rings. The molecule has 0 aromatic carbocycles. The van der Waals surface area contributed by atoms with Gasteiger partial charge in [-0.2, -0.15) is 22.5 Å². The minimum absolute atomic E-state index is 0.0963. The van der Waals surface area contributed by atoms with E-state index in [-0.39, 0.29) is 17.6 Å². The Hall–Kier alpha value is -1.38. The van der Waals surface area contributed by atoms with E-state index in [2.05, 4.69) is 9.36 Å². The van der Waals surface area contributed by atoms with Crippen LogP contribution in [-0.4, -0.2) is 33.0 Å². The molecule has 1 aromatic heterocycles. The highest BCUT2D eigenvalue weighted by molar-refractivity contribution is 7.09. The molecule has 0 amide bonds. The van der Waals surface area contributed by atoms with E-state index in [0.717, 1.165) is 12.8 Å². The zero-order valence-corrected chi connectivity index (χ0v) is 10.7. The van der Waals surface area contributed by atoms with Gasteiger partial charge in [0.1, 0.15) is 0 Å². The summed E-state index contributed by atoms with van der Waals surface area (Å²) in [5, 5.41) is 8.98. The number of carboxylic acids is 1. The summed E-state index contributed by atoms with van der Waals surface area (Å²) in [6.45, 7) is 0.518. The number of aromatic nitrogens is 2. The number of aliphatic carboxylic acids is 1. The number of nitrogens with zero attached hydrogens (tertiary/aromatic N) is 3. The Labute approximate surface area is 111 Å². The molecule has 2 rings (SSSR count). The zero-order chi connectivity index (χ0) is 14.0. The predicted molar refractivity (Wildman–Crippen MR) is 62.1 cm³/mol. The normalized spacial score (nSPS) is 20.6. The van der Waals surface area contributed by atoms with Crippen LogP contribution in [0.2, 0.25) is 0 Å². The number of hydrogen-bond acceptors (Lipinski definition) is 5. The number of hydrogen-bond donors (Lipinski definition) is 1. The number of halogens is 3. The summed E-state index contributed by atoms with van der Waals surface area (Å²) in [7, 11) is 0. The summed E-state index contributed by atoms with van der Waals surface area (Å²) in [5.41, 5.74) is 0. The van der Waals surface area contributed by atoms with Crippen molar-refractivity contribution in [2.45, 2.75) is 37.9 Å². The fourth-order valence-electron chi connectivity index (χ4n) is 2.11. The van der Waals surface area contributed by atoms with E-state index in [9.17, 15) is 18.0 Å². The van der Waals surface area contributed by atoms with Gasteiger partial charge in [0.25, 0.3) is 0 Å². The van der Waals surface area contributed by atoms with Crippen molar-refractivity contribution in [3.8, 4) is 0 Å². The standard InChI is InChI=1S/C10H12F3N3O2S/c11-10(12,13)8-14-9(19-15-8)16-4-2-1-3-6(16)5-7(17)18/h6H,1-5H2,(H,17,18). The van der Waals surface area contributed by atoms with E-state index in [1.54, 1.807) is 4.90 Å². The predicted octanol–water partition coefficient (Wildman–Crippen LogP) is 2.39. The van der Waals surface area contributed by atoms with Gasteiger partial charge in [0.15, 0.2) is 0 Å². The Morgan fingerprint density at radius 2 is 2.21 bits per heavy atom. The maximum Gasteiger partial charge on any atom is 0.452 e. The first-order chi connectivity index (χ1) is 8.88. The summed E-state index contributed by atoms with van der Waals surface area (Å²) in [6.07, 6.45) is -2.32. The van der Waals surface area contributed by atoms with Crippen molar-refractivity contribution in [2.24, 2.45) is 0 Å². The van der Waals surface area contributed by atoms with Gasteiger partial charge in [-0.1, -0.05) is 0 Å². The molecular weight excluding hydrogens is 283 g/mol. The second-order valence-electron chi connectivity index (χ2n) is 4.34. The van der Waals surface area contributed by atoms with Crippen molar-refractivity contribution in [1.29, 1.82) is 0 Å². The molecule has 0 saturated carbocycles. The fourth-order valence-corrected chi connectivity index (χ4v) is 2.90. The van der Waals surface area contributed by atoms with Crippen LogP contribution in [-0.2, 0) is 11.0 Å². The Morgan fingerprint density at radius 3 is 2.79 bits per heavy atom. The van der Waals surface area contributed by atoms with Gasteiger partial charge in [-0.25, -0.2) is 0 Å².